The van der Waals surface area contributed by atoms with Crippen LogP contribution in [0.2, 0.25) is 4.34 Å². The van der Waals surface area contributed by atoms with Gasteiger partial charge in [0.15, 0.2) is 0 Å². The molecule has 1 aliphatic carbocycles. The summed E-state index contributed by atoms with van der Waals surface area (Å²) in [4.78, 5) is 12.9. The van der Waals surface area contributed by atoms with Crippen molar-refractivity contribution >= 4 is 28.7 Å². The largest absolute Gasteiger partial charge is 0.299 e. The molecule has 0 saturated heterocycles. The molecule has 0 bridgehead atoms. The van der Waals surface area contributed by atoms with Crippen LogP contribution in [0.4, 0.5) is 0 Å². The summed E-state index contributed by atoms with van der Waals surface area (Å²) in [5.41, 5.74) is 0. The second-order valence-corrected chi connectivity index (χ2v) is 5.95. The van der Waals surface area contributed by atoms with E-state index >= 15 is 0 Å². The summed E-state index contributed by atoms with van der Waals surface area (Å²) < 4.78 is 0.847. The van der Waals surface area contributed by atoms with E-state index in [0.717, 1.165) is 36.4 Å². The van der Waals surface area contributed by atoms with Crippen LogP contribution < -0.4 is 0 Å². The minimum Gasteiger partial charge on any atom is -0.299 e. The standard InChI is InChI=1S/C12H15ClOS/c13-12-8-7-10(15-12)6-5-9-3-1-2-4-11(9)14/h7-9H,1-6H2. The Morgan fingerprint density at radius 3 is 2.93 bits per heavy atom. The van der Waals surface area contributed by atoms with Crippen molar-refractivity contribution in [3.8, 4) is 0 Å². The minimum absolute atomic E-state index is 0.319. The van der Waals surface area contributed by atoms with Crippen LogP contribution >= 0.6 is 22.9 Å². The van der Waals surface area contributed by atoms with Gasteiger partial charge in [0.05, 0.1) is 4.34 Å². The van der Waals surface area contributed by atoms with E-state index in [9.17, 15) is 4.79 Å². The lowest BCUT2D eigenvalue weighted by Gasteiger charge is -2.19. The van der Waals surface area contributed by atoms with Gasteiger partial charge in [-0.15, -0.1) is 11.3 Å². The highest BCUT2D eigenvalue weighted by molar-refractivity contribution is 7.16. The number of hydrogen-bond acceptors (Lipinski definition) is 2. The first-order valence-electron chi connectivity index (χ1n) is 5.52. The number of halogens is 1. The Labute approximate surface area is 99.5 Å². The highest BCUT2D eigenvalue weighted by Crippen LogP contribution is 2.27. The Kier molecular flexibility index (Phi) is 3.81. The highest BCUT2D eigenvalue weighted by atomic mass is 35.5. The topological polar surface area (TPSA) is 17.1 Å². The van der Waals surface area contributed by atoms with Gasteiger partial charge in [-0.05, 0) is 37.8 Å². The van der Waals surface area contributed by atoms with Crippen molar-refractivity contribution in [1.82, 2.24) is 0 Å². The third-order valence-corrected chi connectivity index (χ3v) is 4.34. The molecule has 0 radical (unpaired) electrons. The van der Waals surface area contributed by atoms with Crippen molar-refractivity contribution < 1.29 is 4.79 Å². The van der Waals surface area contributed by atoms with Gasteiger partial charge in [0.1, 0.15) is 5.78 Å². The summed E-state index contributed by atoms with van der Waals surface area (Å²) in [7, 11) is 0. The number of ketones is 1. The van der Waals surface area contributed by atoms with Crippen LogP contribution in [-0.2, 0) is 11.2 Å². The van der Waals surface area contributed by atoms with Crippen LogP contribution in [0.5, 0.6) is 0 Å². The molecule has 1 saturated carbocycles. The van der Waals surface area contributed by atoms with E-state index in [1.807, 2.05) is 6.07 Å². The van der Waals surface area contributed by atoms with Crippen LogP contribution in [0.15, 0.2) is 12.1 Å². The Morgan fingerprint density at radius 2 is 2.27 bits per heavy atom. The number of carbonyl (C=O) groups excluding carboxylic acids is 1. The second kappa shape index (κ2) is 5.13. The van der Waals surface area contributed by atoms with Gasteiger partial charge in [-0.1, -0.05) is 18.0 Å². The Balaban J connectivity index is 1.84. The predicted octanol–water partition coefficient (Wildman–Crippen LogP) is 4.09. The summed E-state index contributed by atoms with van der Waals surface area (Å²) in [6, 6.07) is 4.00. The third-order valence-electron chi connectivity index (χ3n) is 3.05. The van der Waals surface area contributed by atoms with E-state index in [1.54, 1.807) is 11.3 Å². The molecule has 1 fully saturated rings. The SMILES string of the molecule is O=C1CCCCC1CCc1ccc(Cl)s1. The number of thiophene rings is 1. The van der Waals surface area contributed by atoms with Gasteiger partial charge in [-0.2, -0.15) is 0 Å². The zero-order chi connectivity index (χ0) is 10.7. The first-order chi connectivity index (χ1) is 7.25. The Morgan fingerprint density at radius 1 is 1.40 bits per heavy atom. The van der Waals surface area contributed by atoms with E-state index in [-0.39, 0.29) is 0 Å². The Bertz CT molecular complexity index is 345. The molecule has 0 spiro atoms. The van der Waals surface area contributed by atoms with E-state index < -0.39 is 0 Å². The van der Waals surface area contributed by atoms with Crippen LogP contribution in [0.3, 0.4) is 0 Å². The van der Waals surface area contributed by atoms with E-state index in [1.165, 1.54) is 11.3 Å². The van der Waals surface area contributed by atoms with Crippen molar-refractivity contribution in [2.45, 2.75) is 38.5 Å². The number of hydrogen-bond donors (Lipinski definition) is 0. The minimum atomic E-state index is 0.319. The molecule has 0 aromatic carbocycles. The summed E-state index contributed by atoms with van der Waals surface area (Å²) in [6.45, 7) is 0. The quantitative estimate of drug-likeness (QED) is 0.780. The molecular weight excluding hydrogens is 228 g/mol. The maximum atomic E-state index is 11.6. The maximum absolute atomic E-state index is 11.6. The predicted molar refractivity (Wildman–Crippen MR) is 64.6 cm³/mol. The fraction of sp³-hybridized carbons (Fsp3) is 0.583. The van der Waals surface area contributed by atoms with Crippen LogP contribution in [-0.4, -0.2) is 5.78 Å². The van der Waals surface area contributed by atoms with Crippen LogP contribution in [0, 0.1) is 5.92 Å². The van der Waals surface area contributed by atoms with Crippen LogP contribution in [0.25, 0.3) is 0 Å². The lowest BCUT2D eigenvalue weighted by molar-refractivity contribution is -0.124. The van der Waals surface area contributed by atoms with Crippen molar-refractivity contribution in [1.29, 1.82) is 0 Å². The zero-order valence-corrected chi connectivity index (χ0v) is 10.2. The smallest absolute Gasteiger partial charge is 0.135 e. The monoisotopic (exact) mass is 242 g/mol. The average Bonchev–Trinajstić information content (AvgIpc) is 2.63. The fourth-order valence-corrected chi connectivity index (χ4v) is 3.27. The number of aryl methyl sites for hydroxylation is 1. The van der Waals surface area contributed by atoms with Gasteiger partial charge < -0.3 is 0 Å². The molecule has 1 heterocycles. The van der Waals surface area contributed by atoms with Gasteiger partial charge in [0, 0.05) is 17.2 Å². The molecule has 0 N–H and O–H groups in total. The number of carbonyl (C=O) groups is 1. The second-order valence-electron chi connectivity index (χ2n) is 4.15. The molecule has 15 heavy (non-hydrogen) atoms. The van der Waals surface area contributed by atoms with Crippen molar-refractivity contribution in [2.24, 2.45) is 5.92 Å². The molecule has 3 heteroatoms. The third kappa shape index (κ3) is 3.05. The van der Waals surface area contributed by atoms with Gasteiger partial charge >= 0.3 is 0 Å². The lowest BCUT2D eigenvalue weighted by Crippen LogP contribution is -2.19. The average molecular weight is 243 g/mol. The first kappa shape index (κ1) is 11.2. The molecule has 1 atom stereocenters. The van der Waals surface area contributed by atoms with Gasteiger partial charge in [-0.25, -0.2) is 0 Å². The normalized spacial score (nSPS) is 21.9. The van der Waals surface area contributed by atoms with Crippen molar-refractivity contribution in [3.63, 3.8) is 0 Å². The first-order valence-corrected chi connectivity index (χ1v) is 6.72. The van der Waals surface area contributed by atoms with Crippen molar-refractivity contribution in [3.05, 3.63) is 21.3 Å². The molecule has 0 aliphatic heterocycles. The number of Topliss-reactive ketones (excluding diaryl/α,β-unsaturated/α-hetero) is 1. The molecular formula is C12H15ClOS. The highest BCUT2D eigenvalue weighted by Gasteiger charge is 2.21. The maximum Gasteiger partial charge on any atom is 0.135 e. The molecule has 0 amide bonds. The van der Waals surface area contributed by atoms with Gasteiger partial charge in [0.25, 0.3) is 0 Å². The van der Waals surface area contributed by atoms with E-state index in [0.29, 0.717) is 11.7 Å². The summed E-state index contributed by atoms with van der Waals surface area (Å²) in [5, 5.41) is 0. The molecule has 1 unspecified atom stereocenters. The van der Waals surface area contributed by atoms with E-state index in [2.05, 4.69) is 6.07 Å². The van der Waals surface area contributed by atoms with Crippen LogP contribution in [0.1, 0.15) is 37.0 Å². The summed E-state index contributed by atoms with van der Waals surface area (Å²) in [5.74, 6) is 0.795. The van der Waals surface area contributed by atoms with E-state index in [4.69, 9.17) is 11.6 Å². The Hall–Kier alpha value is -0.340. The van der Waals surface area contributed by atoms with Gasteiger partial charge in [-0.3, -0.25) is 4.79 Å². The van der Waals surface area contributed by atoms with Gasteiger partial charge in [0.2, 0.25) is 0 Å². The molecule has 2 rings (SSSR count). The zero-order valence-electron chi connectivity index (χ0n) is 8.67. The molecule has 1 aromatic rings. The lowest BCUT2D eigenvalue weighted by atomic mass is 9.85. The molecule has 1 aliphatic rings. The van der Waals surface area contributed by atoms with Crippen molar-refractivity contribution in [2.75, 3.05) is 0 Å². The summed E-state index contributed by atoms with van der Waals surface area (Å²) in [6.07, 6.45) is 6.24. The molecule has 1 aromatic heterocycles. The fourth-order valence-electron chi connectivity index (χ4n) is 2.16. The summed E-state index contributed by atoms with van der Waals surface area (Å²) >= 11 is 7.49. The molecule has 82 valence electrons. The molecule has 1 nitrogen and oxygen atoms in total. The number of rotatable bonds is 3.